The molecule has 1 heterocycles. The summed E-state index contributed by atoms with van der Waals surface area (Å²) in [7, 11) is 0. The molecule has 0 saturated heterocycles. The molecule has 5 rings (SSSR count). The first-order chi connectivity index (χ1) is 53.1. The van der Waals surface area contributed by atoms with Gasteiger partial charge < -0.3 is 95.2 Å². The molecule has 33 nitrogen and oxygen atoms in total. The lowest BCUT2D eigenvalue weighted by molar-refractivity contribution is -0.141. The summed E-state index contributed by atoms with van der Waals surface area (Å²) >= 11 is 0. The first kappa shape index (κ1) is 91.5. The Hall–Kier alpha value is -11.1. The number of aliphatic carboxylic acids is 1. The number of aliphatic hydroxyl groups is 2. The van der Waals surface area contributed by atoms with Crippen LogP contribution in [0.4, 0.5) is 4.39 Å². The number of rotatable bonds is 47. The zero-order valence-corrected chi connectivity index (χ0v) is 65.2. The minimum atomic E-state index is -2.34. The molecule has 4 aromatic rings. The molecular weight excluding hydrogens is 1450 g/mol. The molecule has 11 amide bonds. The molecule has 0 spiro atoms. The molecule has 112 heavy (non-hydrogen) atoms. The van der Waals surface area contributed by atoms with Gasteiger partial charge in [0.25, 0.3) is 0 Å². The molecule has 1 unspecified atom stereocenters. The summed E-state index contributed by atoms with van der Waals surface area (Å²) in [5, 5.41) is 59.5. The number of nitrogens with two attached hydrogens (primary N) is 3. The number of aromatic amines is 1. The molecule has 21 N–H and O–H groups in total. The van der Waals surface area contributed by atoms with Crippen LogP contribution in [0.5, 0.6) is 5.75 Å². The van der Waals surface area contributed by atoms with Crippen LogP contribution in [0.15, 0.2) is 108 Å². The molecular formula is C78H112FN17O16. The van der Waals surface area contributed by atoms with Crippen molar-refractivity contribution in [2.75, 3.05) is 19.7 Å². The van der Waals surface area contributed by atoms with Crippen LogP contribution in [0.3, 0.4) is 0 Å². The second-order valence-electron chi connectivity index (χ2n) is 28.9. The Bertz CT molecular complexity index is 3980. The van der Waals surface area contributed by atoms with Crippen LogP contribution in [0.25, 0.3) is 11.1 Å². The molecule has 0 aliphatic heterocycles. The number of halogens is 1. The van der Waals surface area contributed by atoms with Gasteiger partial charge in [0.2, 0.25) is 65.0 Å². The standard InChI is InChI=1S/C78H112FN17O16/c1-10-12-18-32-112-55-30-31-56(51(11-2)37-55)52-28-26-49(27-29-52)36-59(71(106)88-58(69(80)104)24-19-20-50-34-45(3)33-46(4)35-50)89-72(107)61(39-66(102)103)87-64(100)42-85-73(108)67(47(5)97)92-76(111)78(9,40-53-21-16-17-23-57(53)79)94-74(109)68(48(6)98)91-65(101)43-84-70(105)60(38-62(95-81)96-82)90-75(110)77(7,8)93-63(99)25-15-13-14-22-54-41-83-44-86-54/h16-17,21,23,26-31,33-34,37,41,44,47-48,50,58-61,67-68,97-98H,10-15,18-20,22,24-25,32,35-36,38-40,42-43,81-82H2,1-9H3,(H2,80,104)(H,83,86)(H,84,105)(H,85,108)(H,87,100)(H,88,106)(H,89,107)(H,90,110)(H,91,101)(H,92,111)(H,93,99)(H,94,109)(H,95,96)(H,102,103)/t47-,48-,50?,58+,59+,60+,61+,67+,68+,78+/m1/s1. The first-order valence-electron chi connectivity index (χ1n) is 37.6. The summed E-state index contributed by atoms with van der Waals surface area (Å²) in [5.41, 5.74) is 10.5. The van der Waals surface area contributed by atoms with Crippen LogP contribution in [0, 0.1) is 11.7 Å². The smallest absolute Gasteiger partial charge is 0.305 e. The number of hydrogen-bond acceptors (Lipinski definition) is 19. The van der Waals surface area contributed by atoms with Crippen molar-refractivity contribution in [1.29, 1.82) is 0 Å². The number of carboxylic acid groups (broad SMARTS) is 1. The van der Waals surface area contributed by atoms with E-state index in [1.54, 1.807) is 24.7 Å². The van der Waals surface area contributed by atoms with Gasteiger partial charge in [-0.05, 0) is 152 Å². The molecule has 1 aliphatic rings. The van der Waals surface area contributed by atoms with Crippen molar-refractivity contribution in [3.63, 3.8) is 0 Å². The lowest BCUT2D eigenvalue weighted by Gasteiger charge is -2.34. The lowest BCUT2D eigenvalue weighted by Crippen LogP contribution is -2.66. The quantitative estimate of drug-likeness (QED) is 0.00985. The topological polar surface area (TPSA) is 526 Å². The van der Waals surface area contributed by atoms with Gasteiger partial charge in [0, 0.05) is 37.6 Å². The van der Waals surface area contributed by atoms with Gasteiger partial charge in [-0.1, -0.05) is 111 Å². The summed E-state index contributed by atoms with van der Waals surface area (Å²) in [5.74, 6) is -1.99. The van der Waals surface area contributed by atoms with E-state index in [0.29, 0.717) is 44.3 Å². The number of ether oxygens (including phenoxy) is 1. The van der Waals surface area contributed by atoms with E-state index in [1.165, 1.54) is 37.6 Å². The number of aromatic nitrogens is 2. The minimum absolute atomic E-state index is 0.0888. The van der Waals surface area contributed by atoms with Crippen LogP contribution in [-0.2, 0) is 83.2 Å². The average molecular weight is 1560 g/mol. The van der Waals surface area contributed by atoms with Gasteiger partial charge in [-0.2, -0.15) is 5.10 Å². The van der Waals surface area contributed by atoms with E-state index in [2.05, 4.69) is 92.7 Å². The van der Waals surface area contributed by atoms with Crippen molar-refractivity contribution in [2.45, 2.75) is 231 Å². The summed E-state index contributed by atoms with van der Waals surface area (Å²) in [6, 6.07) is 7.96. The molecule has 1 aliphatic carbocycles. The lowest BCUT2D eigenvalue weighted by atomic mass is 9.87. The van der Waals surface area contributed by atoms with Crippen LogP contribution >= 0.6 is 0 Å². The Morgan fingerprint density at radius 1 is 0.696 bits per heavy atom. The number of carbonyl (C=O) groups excluding carboxylic acids is 11. The number of hydrogen-bond donors (Lipinski definition) is 18. The largest absolute Gasteiger partial charge is 0.494 e. The Balaban J connectivity index is 1.29. The van der Waals surface area contributed by atoms with Crippen LogP contribution in [0.1, 0.15) is 168 Å². The number of nitrogens with one attached hydrogen (secondary N) is 12. The van der Waals surface area contributed by atoms with Gasteiger partial charge in [-0.15, -0.1) is 0 Å². The number of nitrogens with zero attached hydrogens (tertiary/aromatic N) is 2. The fourth-order valence-corrected chi connectivity index (χ4v) is 12.6. The number of aliphatic hydroxyl groups excluding tert-OH is 2. The van der Waals surface area contributed by atoms with E-state index in [0.717, 1.165) is 99.1 Å². The Morgan fingerprint density at radius 2 is 1.35 bits per heavy atom. The molecule has 0 radical (unpaired) electrons. The molecule has 1 aromatic heterocycles. The Kier molecular flexibility index (Phi) is 37.0. The molecule has 3 aromatic carbocycles. The highest BCUT2D eigenvalue weighted by atomic mass is 19.1. The maximum atomic E-state index is 15.5. The predicted molar refractivity (Wildman–Crippen MR) is 415 cm³/mol. The zero-order chi connectivity index (χ0) is 82.8. The molecule has 612 valence electrons. The summed E-state index contributed by atoms with van der Waals surface area (Å²) in [4.78, 5) is 172. The van der Waals surface area contributed by atoms with Crippen molar-refractivity contribution in [2.24, 2.45) is 28.4 Å². The number of aryl methyl sites for hydroxylation is 2. The van der Waals surface area contributed by atoms with Crippen LogP contribution in [0.2, 0.25) is 0 Å². The van der Waals surface area contributed by atoms with E-state index < -0.39 is 169 Å². The Morgan fingerprint density at radius 3 is 1.96 bits per heavy atom. The monoisotopic (exact) mass is 1560 g/mol. The van der Waals surface area contributed by atoms with Gasteiger partial charge in [0.1, 0.15) is 64.7 Å². The van der Waals surface area contributed by atoms with E-state index in [4.69, 9.17) is 22.2 Å². The maximum Gasteiger partial charge on any atom is 0.305 e. The van der Waals surface area contributed by atoms with Crippen molar-refractivity contribution in [3.8, 4) is 16.9 Å². The van der Waals surface area contributed by atoms with E-state index in [1.807, 2.05) is 51.1 Å². The number of hydrazine groups is 1. The van der Waals surface area contributed by atoms with Crippen molar-refractivity contribution >= 4 is 76.8 Å². The number of amides is 11. The SMILES string of the molecule is CCCCCOc1ccc(-c2ccc(C[C@H](NC(=O)[C@H](CC(=O)O)NC(=O)CNC(=O)[C@@H](NC(=O)[C@](C)(Cc3ccccc3F)NC(=O)[C@@H](NC(=O)CNC(=O)[C@H](C/C(=N/N)NN)NC(=O)C(C)(C)NC(=O)CCCCCc3cnc[nH]3)[C@@H](C)O)[C@@H](C)O)C(=O)N[C@@H](CCCC3C=C(C)C=C(C)C3)C(N)=O)cc2)c(CC)c1. The highest BCUT2D eigenvalue weighted by molar-refractivity contribution is 6.01. The first-order valence-corrected chi connectivity index (χ1v) is 37.6. The van der Waals surface area contributed by atoms with E-state index >= 15 is 4.39 Å². The number of allylic oxidation sites excluding steroid dienone is 4. The third-order valence-corrected chi connectivity index (χ3v) is 18.8. The summed E-state index contributed by atoms with van der Waals surface area (Å²) < 4.78 is 21.5. The molecule has 0 fully saturated rings. The Labute approximate surface area is 651 Å². The summed E-state index contributed by atoms with van der Waals surface area (Å²) in [6.45, 7) is 12.8. The number of hydrazone groups is 1. The fraction of sp³-hybridized carbons (Fsp3) is 0.513. The third kappa shape index (κ3) is 30.3. The molecule has 34 heteroatoms. The molecule has 0 saturated carbocycles. The van der Waals surface area contributed by atoms with Gasteiger partial charge >= 0.3 is 5.97 Å². The second-order valence-corrected chi connectivity index (χ2v) is 28.9. The maximum absolute atomic E-state index is 15.5. The average Bonchev–Trinajstić information content (AvgIpc) is 0.871. The number of carboxylic acids is 1. The highest BCUT2D eigenvalue weighted by Crippen LogP contribution is 2.30. The van der Waals surface area contributed by atoms with Crippen molar-refractivity contribution in [1.82, 2.24) is 68.6 Å². The number of carbonyl (C=O) groups is 12. The minimum Gasteiger partial charge on any atom is -0.494 e. The van der Waals surface area contributed by atoms with Crippen molar-refractivity contribution < 1.29 is 82.0 Å². The number of primary amides is 1. The van der Waals surface area contributed by atoms with Crippen molar-refractivity contribution in [3.05, 3.63) is 131 Å². The highest BCUT2D eigenvalue weighted by Gasteiger charge is 2.42. The second kappa shape index (κ2) is 45.3. The summed E-state index contributed by atoms with van der Waals surface area (Å²) in [6.07, 6.45) is 10.2. The number of benzene rings is 3. The van der Waals surface area contributed by atoms with Gasteiger partial charge in [-0.25, -0.2) is 15.2 Å². The third-order valence-electron chi connectivity index (χ3n) is 18.8. The molecule has 10 atom stereocenters. The zero-order valence-electron chi connectivity index (χ0n) is 65.2. The van der Waals surface area contributed by atoms with E-state index in [9.17, 15) is 72.9 Å². The van der Waals surface area contributed by atoms with Gasteiger partial charge in [0.05, 0.1) is 44.7 Å². The number of unbranched alkanes of at least 4 members (excludes halogenated alkanes) is 4. The van der Waals surface area contributed by atoms with E-state index in [-0.39, 0.29) is 36.6 Å². The number of amidine groups is 1. The number of H-pyrrole nitrogens is 1. The normalized spacial score (nSPS) is 15.5. The predicted octanol–water partition coefficient (Wildman–Crippen LogP) is 1.78. The number of imidazole rings is 1. The molecule has 0 bridgehead atoms. The van der Waals surface area contributed by atoms with Crippen LogP contribution in [-0.4, -0.2) is 181 Å². The fourth-order valence-electron chi connectivity index (χ4n) is 12.6. The van der Waals surface area contributed by atoms with Crippen LogP contribution < -0.4 is 80.7 Å². The van der Waals surface area contributed by atoms with Gasteiger partial charge in [-0.3, -0.25) is 57.5 Å². The van der Waals surface area contributed by atoms with Gasteiger partial charge in [0.15, 0.2) is 0 Å².